The molecule has 23 heavy (non-hydrogen) atoms. The molecule has 2 unspecified atom stereocenters. The molecule has 0 spiro atoms. The molecule has 0 aliphatic carbocycles. The quantitative estimate of drug-likeness (QED) is 0.766. The van der Waals surface area contributed by atoms with Crippen LogP contribution in [-0.4, -0.2) is 42.8 Å². The molecule has 2 atom stereocenters. The van der Waals surface area contributed by atoms with Gasteiger partial charge in [-0.05, 0) is 43.0 Å². The summed E-state index contributed by atoms with van der Waals surface area (Å²) >= 11 is 0. The number of carboxylic acids is 1. The molecule has 1 aliphatic heterocycles. The average molecular weight is 321 g/mol. The molecule has 6 heteroatoms. The van der Waals surface area contributed by atoms with Gasteiger partial charge in [0.15, 0.2) is 0 Å². The number of amides is 1. The first-order chi connectivity index (χ1) is 11.0. The summed E-state index contributed by atoms with van der Waals surface area (Å²) in [6.07, 6.45) is 2.30. The molecule has 0 saturated carbocycles. The summed E-state index contributed by atoms with van der Waals surface area (Å²) in [5.41, 5.74) is 0.525. The normalized spacial score (nSPS) is 18.4. The zero-order chi connectivity index (χ0) is 16.7. The van der Waals surface area contributed by atoms with Gasteiger partial charge in [-0.3, -0.25) is 9.59 Å². The Morgan fingerprint density at radius 3 is 2.74 bits per heavy atom. The fourth-order valence-electron chi connectivity index (χ4n) is 2.41. The minimum Gasteiger partial charge on any atom is -0.491 e. The van der Waals surface area contributed by atoms with Crippen molar-refractivity contribution in [3.05, 3.63) is 29.8 Å². The maximum Gasteiger partial charge on any atom is 0.303 e. The molecule has 1 aliphatic rings. The van der Waals surface area contributed by atoms with Crippen LogP contribution in [0.5, 0.6) is 5.75 Å². The van der Waals surface area contributed by atoms with Crippen LogP contribution in [0.4, 0.5) is 0 Å². The Morgan fingerprint density at radius 2 is 2.13 bits per heavy atom. The SMILES string of the molecule is CC(CNC(=O)c1ccc(OCC2CCCO2)cc1)CC(=O)O. The van der Waals surface area contributed by atoms with E-state index in [0.717, 1.165) is 19.4 Å². The molecule has 2 rings (SSSR count). The lowest BCUT2D eigenvalue weighted by Crippen LogP contribution is -2.29. The number of ether oxygens (including phenoxy) is 2. The van der Waals surface area contributed by atoms with Gasteiger partial charge in [0, 0.05) is 25.1 Å². The topological polar surface area (TPSA) is 84.9 Å². The van der Waals surface area contributed by atoms with Crippen LogP contribution in [0.2, 0.25) is 0 Å². The van der Waals surface area contributed by atoms with Crippen LogP contribution in [0.3, 0.4) is 0 Å². The molecule has 1 aromatic rings. The van der Waals surface area contributed by atoms with E-state index in [1.807, 2.05) is 0 Å². The highest BCUT2D eigenvalue weighted by atomic mass is 16.5. The van der Waals surface area contributed by atoms with Crippen LogP contribution in [0.1, 0.15) is 36.5 Å². The minimum absolute atomic E-state index is 0.0380. The number of aliphatic carboxylic acids is 1. The van der Waals surface area contributed by atoms with Gasteiger partial charge in [0.05, 0.1) is 6.10 Å². The van der Waals surface area contributed by atoms with Crippen LogP contribution in [0, 0.1) is 5.92 Å². The van der Waals surface area contributed by atoms with Gasteiger partial charge >= 0.3 is 5.97 Å². The predicted octanol–water partition coefficient (Wildman–Crippen LogP) is 2.08. The van der Waals surface area contributed by atoms with Crippen molar-refractivity contribution < 1.29 is 24.2 Å². The summed E-state index contributed by atoms with van der Waals surface area (Å²) in [6, 6.07) is 6.90. The third-order valence-corrected chi connectivity index (χ3v) is 3.71. The highest BCUT2D eigenvalue weighted by Crippen LogP contribution is 2.16. The molecule has 6 nitrogen and oxygen atoms in total. The first-order valence-corrected chi connectivity index (χ1v) is 7.89. The Bertz CT molecular complexity index is 522. The first-order valence-electron chi connectivity index (χ1n) is 7.89. The Kier molecular flexibility index (Phi) is 6.40. The number of carboxylic acid groups (broad SMARTS) is 1. The van der Waals surface area contributed by atoms with Crippen molar-refractivity contribution in [3.8, 4) is 5.75 Å². The Morgan fingerprint density at radius 1 is 1.39 bits per heavy atom. The highest BCUT2D eigenvalue weighted by molar-refractivity contribution is 5.94. The second-order valence-corrected chi connectivity index (χ2v) is 5.88. The van der Waals surface area contributed by atoms with Crippen LogP contribution in [0.25, 0.3) is 0 Å². The summed E-state index contributed by atoms with van der Waals surface area (Å²) in [5.74, 6) is -0.478. The summed E-state index contributed by atoms with van der Waals surface area (Å²) in [4.78, 5) is 22.6. The number of rotatable bonds is 8. The largest absolute Gasteiger partial charge is 0.491 e. The van der Waals surface area contributed by atoms with Crippen molar-refractivity contribution in [3.63, 3.8) is 0 Å². The third-order valence-electron chi connectivity index (χ3n) is 3.71. The van der Waals surface area contributed by atoms with Gasteiger partial charge in [-0.2, -0.15) is 0 Å². The van der Waals surface area contributed by atoms with Crippen molar-refractivity contribution in [1.29, 1.82) is 0 Å². The van der Waals surface area contributed by atoms with Crippen molar-refractivity contribution >= 4 is 11.9 Å². The lowest BCUT2D eigenvalue weighted by molar-refractivity contribution is -0.137. The van der Waals surface area contributed by atoms with Crippen molar-refractivity contribution in [1.82, 2.24) is 5.32 Å². The lowest BCUT2D eigenvalue weighted by Gasteiger charge is -2.12. The van der Waals surface area contributed by atoms with Crippen LogP contribution >= 0.6 is 0 Å². The molecule has 0 bridgehead atoms. The second-order valence-electron chi connectivity index (χ2n) is 5.88. The predicted molar refractivity (Wildman–Crippen MR) is 84.7 cm³/mol. The van der Waals surface area contributed by atoms with Gasteiger partial charge in [-0.1, -0.05) is 6.92 Å². The first kappa shape index (κ1) is 17.3. The maximum atomic E-state index is 12.0. The van der Waals surface area contributed by atoms with E-state index in [1.165, 1.54) is 0 Å². The van der Waals surface area contributed by atoms with Gasteiger partial charge in [-0.25, -0.2) is 0 Å². The van der Waals surface area contributed by atoms with E-state index in [4.69, 9.17) is 14.6 Å². The molecule has 126 valence electrons. The highest BCUT2D eigenvalue weighted by Gasteiger charge is 2.16. The zero-order valence-corrected chi connectivity index (χ0v) is 13.3. The summed E-state index contributed by atoms with van der Waals surface area (Å²) in [6.45, 7) is 3.45. The van der Waals surface area contributed by atoms with E-state index < -0.39 is 5.97 Å². The molecular formula is C17H23NO5. The maximum absolute atomic E-state index is 12.0. The van der Waals surface area contributed by atoms with Gasteiger partial charge in [0.2, 0.25) is 0 Å². The lowest BCUT2D eigenvalue weighted by atomic mass is 10.1. The molecule has 1 aromatic carbocycles. The molecular weight excluding hydrogens is 298 g/mol. The molecule has 1 fully saturated rings. The summed E-state index contributed by atoms with van der Waals surface area (Å²) in [7, 11) is 0. The number of carbonyl (C=O) groups excluding carboxylic acids is 1. The summed E-state index contributed by atoms with van der Waals surface area (Å²) < 4.78 is 11.1. The molecule has 1 amide bonds. The van der Waals surface area contributed by atoms with E-state index in [0.29, 0.717) is 24.5 Å². The van der Waals surface area contributed by atoms with Crippen LogP contribution in [0.15, 0.2) is 24.3 Å². The van der Waals surface area contributed by atoms with E-state index >= 15 is 0 Å². The van der Waals surface area contributed by atoms with Crippen LogP contribution in [-0.2, 0) is 9.53 Å². The number of benzene rings is 1. The van der Waals surface area contributed by atoms with Gasteiger partial charge in [0.25, 0.3) is 5.91 Å². The monoisotopic (exact) mass is 321 g/mol. The molecule has 1 saturated heterocycles. The Balaban J connectivity index is 1.76. The number of carbonyl (C=O) groups is 2. The van der Waals surface area contributed by atoms with Crippen LogP contribution < -0.4 is 10.1 Å². The van der Waals surface area contributed by atoms with E-state index in [9.17, 15) is 9.59 Å². The van der Waals surface area contributed by atoms with Crippen molar-refractivity contribution in [2.24, 2.45) is 5.92 Å². The zero-order valence-electron chi connectivity index (χ0n) is 13.3. The molecule has 0 radical (unpaired) electrons. The second kappa shape index (κ2) is 8.53. The number of hydrogen-bond donors (Lipinski definition) is 2. The third kappa shape index (κ3) is 5.90. The van der Waals surface area contributed by atoms with E-state index in [2.05, 4.69) is 5.32 Å². The fourth-order valence-corrected chi connectivity index (χ4v) is 2.41. The fraction of sp³-hybridized carbons (Fsp3) is 0.529. The molecule has 1 heterocycles. The smallest absolute Gasteiger partial charge is 0.303 e. The van der Waals surface area contributed by atoms with Gasteiger partial charge in [-0.15, -0.1) is 0 Å². The average Bonchev–Trinajstić information content (AvgIpc) is 3.04. The van der Waals surface area contributed by atoms with Gasteiger partial charge in [0.1, 0.15) is 12.4 Å². The number of hydrogen-bond acceptors (Lipinski definition) is 4. The molecule has 0 aromatic heterocycles. The Hall–Kier alpha value is -2.08. The van der Waals surface area contributed by atoms with Crippen molar-refractivity contribution in [2.45, 2.75) is 32.3 Å². The van der Waals surface area contributed by atoms with Gasteiger partial charge < -0.3 is 19.9 Å². The standard InChI is InChI=1S/C17H23NO5/c1-12(9-16(19)20)10-18-17(21)13-4-6-14(7-5-13)23-11-15-3-2-8-22-15/h4-7,12,15H,2-3,8-11H2,1H3,(H,18,21)(H,19,20). The summed E-state index contributed by atoms with van der Waals surface area (Å²) in [5, 5.41) is 11.4. The Labute approximate surface area is 135 Å². The number of nitrogens with one attached hydrogen (secondary N) is 1. The molecule has 2 N–H and O–H groups in total. The van der Waals surface area contributed by atoms with E-state index in [-0.39, 0.29) is 24.3 Å². The minimum atomic E-state index is -0.862. The van der Waals surface area contributed by atoms with E-state index in [1.54, 1.807) is 31.2 Å². The van der Waals surface area contributed by atoms with Crippen molar-refractivity contribution in [2.75, 3.05) is 19.8 Å².